The number of anilines is 1. The fourth-order valence-corrected chi connectivity index (χ4v) is 2.29. The molecule has 2 N–H and O–H groups in total. The number of benzene rings is 1. The molecule has 0 amide bonds. The van der Waals surface area contributed by atoms with E-state index in [4.69, 9.17) is 5.73 Å². The smallest absolute Gasteiger partial charge is 0.333 e. The normalized spacial score (nSPS) is 12.3. The number of nitro groups is 1. The first-order valence-corrected chi connectivity index (χ1v) is 6.20. The van der Waals surface area contributed by atoms with Gasteiger partial charge in [-0.1, -0.05) is 25.1 Å². The Kier molecular flexibility index (Phi) is 3.69. The summed E-state index contributed by atoms with van der Waals surface area (Å²) < 4.78 is 15.2. The molecule has 2 aromatic rings. The monoisotopic (exact) mass is 278 g/mol. The quantitative estimate of drug-likeness (QED) is 0.688. The standard InChI is InChI=1S/C13H15FN4O2/c1-3-11(9-6-4-5-7-10(9)14)17-13(15)12(18(19)20)8(2)16-17/h4-7,11H,3,15H2,1-2H3. The van der Waals surface area contributed by atoms with Crippen molar-refractivity contribution in [1.29, 1.82) is 0 Å². The van der Waals surface area contributed by atoms with Crippen LogP contribution in [0.25, 0.3) is 0 Å². The number of aromatic nitrogens is 2. The molecule has 1 aromatic carbocycles. The van der Waals surface area contributed by atoms with Crippen LogP contribution in [-0.4, -0.2) is 14.7 Å². The van der Waals surface area contributed by atoms with E-state index in [1.807, 2.05) is 6.92 Å². The van der Waals surface area contributed by atoms with Crippen LogP contribution < -0.4 is 5.73 Å². The molecule has 20 heavy (non-hydrogen) atoms. The minimum absolute atomic E-state index is 0.0531. The highest BCUT2D eigenvalue weighted by atomic mass is 19.1. The molecule has 6 nitrogen and oxygen atoms in total. The zero-order valence-corrected chi connectivity index (χ0v) is 11.2. The third kappa shape index (κ3) is 2.22. The fourth-order valence-electron chi connectivity index (χ4n) is 2.29. The van der Waals surface area contributed by atoms with E-state index in [1.165, 1.54) is 17.7 Å². The van der Waals surface area contributed by atoms with Crippen LogP contribution in [0.5, 0.6) is 0 Å². The number of hydrogen-bond acceptors (Lipinski definition) is 4. The van der Waals surface area contributed by atoms with Crippen molar-refractivity contribution >= 4 is 11.5 Å². The summed E-state index contributed by atoms with van der Waals surface area (Å²) in [5, 5.41) is 15.1. The Morgan fingerprint density at radius 2 is 2.15 bits per heavy atom. The summed E-state index contributed by atoms with van der Waals surface area (Å²) in [7, 11) is 0. The molecule has 0 fully saturated rings. The van der Waals surface area contributed by atoms with Gasteiger partial charge in [0.2, 0.25) is 5.82 Å². The Bertz CT molecular complexity index is 654. The Balaban J connectivity index is 2.57. The number of halogens is 1. The highest BCUT2D eigenvalue weighted by molar-refractivity contribution is 5.56. The molecule has 0 aliphatic carbocycles. The summed E-state index contributed by atoms with van der Waals surface area (Å²) in [4.78, 5) is 10.4. The van der Waals surface area contributed by atoms with E-state index in [0.29, 0.717) is 12.0 Å². The highest BCUT2D eigenvalue weighted by Gasteiger charge is 2.27. The Hall–Kier alpha value is -2.44. The van der Waals surface area contributed by atoms with Gasteiger partial charge in [-0.2, -0.15) is 5.10 Å². The van der Waals surface area contributed by atoms with E-state index in [-0.39, 0.29) is 23.0 Å². The van der Waals surface area contributed by atoms with Crippen molar-refractivity contribution in [2.45, 2.75) is 26.3 Å². The van der Waals surface area contributed by atoms with Gasteiger partial charge in [0.25, 0.3) is 0 Å². The Morgan fingerprint density at radius 1 is 1.50 bits per heavy atom. The van der Waals surface area contributed by atoms with Crippen molar-refractivity contribution < 1.29 is 9.31 Å². The van der Waals surface area contributed by atoms with Crippen molar-refractivity contribution in [3.8, 4) is 0 Å². The van der Waals surface area contributed by atoms with E-state index >= 15 is 0 Å². The summed E-state index contributed by atoms with van der Waals surface area (Å²) in [5.41, 5.74) is 6.22. The van der Waals surface area contributed by atoms with Gasteiger partial charge in [-0.3, -0.25) is 10.1 Å². The average molecular weight is 278 g/mol. The van der Waals surface area contributed by atoms with Crippen molar-refractivity contribution in [3.05, 3.63) is 51.5 Å². The van der Waals surface area contributed by atoms with Gasteiger partial charge in [-0.15, -0.1) is 0 Å². The molecule has 0 spiro atoms. The molecule has 0 aliphatic heterocycles. The Labute approximate surface area is 115 Å². The number of aryl methyl sites for hydroxylation is 1. The number of nitrogens with zero attached hydrogens (tertiary/aromatic N) is 3. The van der Waals surface area contributed by atoms with Crippen LogP contribution in [0.2, 0.25) is 0 Å². The molecule has 106 valence electrons. The maximum absolute atomic E-state index is 13.9. The van der Waals surface area contributed by atoms with Gasteiger partial charge >= 0.3 is 5.69 Å². The first-order valence-electron chi connectivity index (χ1n) is 6.20. The van der Waals surface area contributed by atoms with Gasteiger partial charge in [-0.25, -0.2) is 9.07 Å². The molecular weight excluding hydrogens is 263 g/mol. The van der Waals surface area contributed by atoms with Crippen molar-refractivity contribution in [3.63, 3.8) is 0 Å². The van der Waals surface area contributed by atoms with E-state index in [0.717, 1.165) is 0 Å². The molecule has 0 radical (unpaired) electrons. The van der Waals surface area contributed by atoms with Gasteiger partial charge in [0.15, 0.2) is 0 Å². The van der Waals surface area contributed by atoms with Crippen LogP contribution in [0.4, 0.5) is 15.9 Å². The van der Waals surface area contributed by atoms with E-state index in [1.54, 1.807) is 18.2 Å². The van der Waals surface area contributed by atoms with Crippen molar-refractivity contribution in [1.82, 2.24) is 9.78 Å². The summed E-state index contributed by atoms with van der Waals surface area (Å²) in [6.07, 6.45) is 0.517. The van der Waals surface area contributed by atoms with E-state index < -0.39 is 11.0 Å². The Morgan fingerprint density at radius 3 is 2.65 bits per heavy atom. The van der Waals surface area contributed by atoms with Crippen LogP contribution in [-0.2, 0) is 0 Å². The maximum atomic E-state index is 13.9. The molecule has 0 aliphatic rings. The molecule has 0 saturated heterocycles. The second-order valence-electron chi connectivity index (χ2n) is 4.47. The third-order valence-corrected chi connectivity index (χ3v) is 3.22. The van der Waals surface area contributed by atoms with Gasteiger partial charge in [0, 0.05) is 5.56 Å². The summed E-state index contributed by atoms with van der Waals surface area (Å²) >= 11 is 0. The highest BCUT2D eigenvalue weighted by Crippen LogP contribution is 2.32. The second-order valence-corrected chi connectivity index (χ2v) is 4.47. The zero-order chi connectivity index (χ0) is 14.9. The predicted octanol–water partition coefficient (Wildman–Crippen LogP) is 2.82. The number of nitrogen functional groups attached to an aromatic ring is 1. The summed E-state index contributed by atoms with van der Waals surface area (Å²) in [6.45, 7) is 3.36. The van der Waals surface area contributed by atoms with Crippen LogP contribution in [0.1, 0.15) is 30.6 Å². The second kappa shape index (κ2) is 5.28. The first-order chi connectivity index (χ1) is 9.47. The molecule has 2 rings (SSSR count). The van der Waals surface area contributed by atoms with Gasteiger partial charge in [0.1, 0.15) is 11.5 Å². The van der Waals surface area contributed by atoms with Gasteiger partial charge < -0.3 is 5.73 Å². The average Bonchev–Trinajstić information content (AvgIpc) is 2.68. The number of nitrogens with two attached hydrogens (primary N) is 1. The van der Waals surface area contributed by atoms with E-state index in [2.05, 4.69) is 5.10 Å². The van der Waals surface area contributed by atoms with Crippen molar-refractivity contribution in [2.75, 3.05) is 5.73 Å². The van der Waals surface area contributed by atoms with Crippen LogP contribution >= 0.6 is 0 Å². The number of hydrogen-bond donors (Lipinski definition) is 1. The largest absolute Gasteiger partial charge is 0.378 e. The fraction of sp³-hybridized carbons (Fsp3) is 0.308. The van der Waals surface area contributed by atoms with Crippen LogP contribution in [0, 0.1) is 22.9 Å². The molecular formula is C13H15FN4O2. The third-order valence-electron chi connectivity index (χ3n) is 3.22. The SMILES string of the molecule is CCC(c1ccccc1F)n1nc(C)c([N+](=O)[O-])c1N. The first kappa shape index (κ1) is 14.0. The van der Waals surface area contributed by atoms with Crippen molar-refractivity contribution in [2.24, 2.45) is 0 Å². The lowest BCUT2D eigenvalue weighted by atomic mass is 10.0. The summed E-state index contributed by atoms with van der Waals surface area (Å²) in [5.74, 6) is -0.433. The molecule has 1 unspecified atom stereocenters. The minimum Gasteiger partial charge on any atom is -0.378 e. The lowest BCUT2D eigenvalue weighted by Gasteiger charge is -2.17. The minimum atomic E-state index is -0.567. The number of rotatable bonds is 4. The summed E-state index contributed by atoms with van der Waals surface area (Å²) in [6, 6.07) is 5.81. The molecule has 1 atom stereocenters. The molecule has 0 saturated carbocycles. The van der Waals surface area contributed by atoms with Crippen LogP contribution in [0.3, 0.4) is 0 Å². The maximum Gasteiger partial charge on any atom is 0.333 e. The molecule has 1 aromatic heterocycles. The predicted molar refractivity (Wildman–Crippen MR) is 72.9 cm³/mol. The lowest BCUT2D eigenvalue weighted by molar-refractivity contribution is -0.384. The van der Waals surface area contributed by atoms with Gasteiger partial charge in [-0.05, 0) is 19.4 Å². The zero-order valence-electron chi connectivity index (χ0n) is 11.2. The van der Waals surface area contributed by atoms with Crippen LogP contribution in [0.15, 0.2) is 24.3 Å². The molecule has 1 heterocycles. The topological polar surface area (TPSA) is 87.0 Å². The molecule has 0 bridgehead atoms. The molecule has 7 heteroatoms. The lowest BCUT2D eigenvalue weighted by Crippen LogP contribution is -2.15. The van der Waals surface area contributed by atoms with Gasteiger partial charge in [0.05, 0.1) is 11.0 Å². The van der Waals surface area contributed by atoms with E-state index in [9.17, 15) is 14.5 Å².